The lowest BCUT2D eigenvalue weighted by Gasteiger charge is -2.36. The lowest BCUT2D eigenvalue weighted by Crippen LogP contribution is -2.48. The number of ether oxygens (including phenoxy) is 2. The van der Waals surface area contributed by atoms with Gasteiger partial charge in [-0.15, -0.1) is 0 Å². The third kappa shape index (κ3) is 3.47. The first kappa shape index (κ1) is 14.6. The molecule has 0 aromatic rings. The van der Waals surface area contributed by atoms with Crippen LogP contribution in [0.2, 0.25) is 0 Å². The second-order valence-corrected chi connectivity index (χ2v) is 6.79. The average Bonchev–Trinajstić information content (AvgIpc) is 2.97. The van der Waals surface area contributed by atoms with E-state index in [4.69, 9.17) is 9.47 Å². The van der Waals surface area contributed by atoms with Crippen molar-refractivity contribution in [3.63, 3.8) is 0 Å². The van der Waals surface area contributed by atoms with Gasteiger partial charge in [0.2, 0.25) is 5.91 Å². The lowest BCUT2D eigenvalue weighted by atomic mass is 9.97. The first-order valence-corrected chi connectivity index (χ1v) is 8.75. The molecule has 0 radical (unpaired) electrons. The van der Waals surface area contributed by atoms with Crippen LogP contribution in [0.3, 0.4) is 0 Å². The normalized spacial score (nSPS) is 32.5. The number of carbonyl (C=O) groups is 1. The van der Waals surface area contributed by atoms with Crippen molar-refractivity contribution in [2.75, 3.05) is 64.1 Å². The monoisotopic (exact) mass is 300 g/mol. The van der Waals surface area contributed by atoms with Gasteiger partial charge in [-0.3, -0.25) is 9.69 Å². The number of thioether (sulfide) groups is 1. The highest BCUT2D eigenvalue weighted by Crippen LogP contribution is 2.31. The van der Waals surface area contributed by atoms with Gasteiger partial charge in [0, 0.05) is 44.4 Å². The maximum atomic E-state index is 12.4. The third-order valence-corrected chi connectivity index (χ3v) is 5.72. The second-order valence-electron chi connectivity index (χ2n) is 5.71. The minimum absolute atomic E-state index is 0.319. The smallest absolute Gasteiger partial charge is 0.223 e. The molecular formula is C14H24N2O3S. The van der Waals surface area contributed by atoms with Crippen molar-refractivity contribution in [3.05, 3.63) is 0 Å². The minimum Gasteiger partial charge on any atom is -0.379 e. The molecule has 5 nitrogen and oxygen atoms in total. The molecule has 3 heterocycles. The van der Waals surface area contributed by atoms with Gasteiger partial charge >= 0.3 is 0 Å². The number of amides is 1. The maximum absolute atomic E-state index is 12.4. The van der Waals surface area contributed by atoms with Gasteiger partial charge in [0.25, 0.3) is 0 Å². The molecule has 0 saturated carbocycles. The zero-order valence-electron chi connectivity index (χ0n) is 12.0. The molecule has 0 bridgehead atoms. The number of hydrogen-bond donors (Lipinski definition) is 0. The summed E-state index contributed by atoms with van der Waals surface area (Å²) < 4.78 is 10.7. The van der Waals surface area contributed by atoms with Crippen LogP contribution in [0, 0.1) is 5.92 Å². The van der Waals surface area contributed by atoms with Gasteiger partial charge in [-0.25, -0.2) is 0 Å². The summed E-state index contributed by atoms with van der Waals surface area (Å²) in [6, 6.07) is 0.564. The van der Waals surface area contributed by atoms with Crippen molar-refractivity contribution < 1.29 is 14.3 Å². The molecule has 3 aliphatic heterocycles. The third-order valence-electron chi connectivity index (χ3n) is 4.48. The highest BCUT2D eigenvalue weighted by atomic mass is 32.2. The van der Waals surface area contributed by atoms with Crippen LogP contribution < -0.4 is 0 Å². The van der Waals surface area contributed by atoms with Crippen molar-refractivity contribution in [2.24, 2.45) is 5.92 Å². The molecule has 3 aliphatic rings. The maximum Gasteiger partial charge on any atom is 0.223 e. The van der Waals surface area contributed by atoms with Crippen LogP contribution in [0.15, 0.2) is 0 Å². The van der Waals surface area contributed by atoms with E-state index in [1.165, 1.54) is 5.75 Å². The first-order chi connectivity index (χ1) is 9.84. The summed E-state index contributed by atoms with van der Waals surface area (Å²) in [5.41, 5.74) is 0. The Morgan fingerprint density at radius 3 is 2.35 bits per heavy atom. The number of rotatable bonds is 3. The van der Waals surface area contributed by atoms with Crippen LogP contribution in [0.1, 0.15) is 6.42 Å². The zero-order valence-corrected chi connectivity index (χ0v) is 12.8. The molecule has 20 heavy (non-hydrogen) atoms. The van der Waals surface area contributed by atoms with Gasteiger partial charge in [0.1, 0.15) is 0 Å². The van der Waals surface area contributed by atoms with Crippen LogP contribution in [0.25, 0.3) is 0 Å². The highest BCUT2D eigenvalue weighted by molar-refractivity contribution is 7.99. The Morgan fingerprint density at radius 1 is 1.00 bits per heavy atom. The highest BCUT2D eigenvalue weighted by Gasteiger charge is 2.35. The van der Waals surface area contributed by atoms with Crippen molar-refractivity contribution in [1.82, 2.24) is 9.80 Å². The predicted octanol–water partition coefficient (Wildman–Crippen LogP) is 0.299. The predicted molar refractivity (Wildman–Crippen MR) is 79.0 cm³/mol. The summed E-state index contributed by atoms with van der Waals surface area (Å²) >= 11 is 1.99. The lowest BCUT2D eigenvalue weighted by molar-refractivity contribution is -0.136. The molecule has 3 rings (SSSR count). The molecule has 0 aromatic carbocycles. The average molecular weight is 300 g/mol. The van der Waals surface area contributed by atoms with Crippen molar-refractivity contribution in [1.29, 1.82) is 0 Å². The number of carbonyl (C=O) groups excluding carboxylic acids is 1. The van der Waals surface area contributed by atoms with Crippen molar-refractivity contribution in [2.45, 2.75) is 12.5 Å². The Bertz CT molecular complexity index is 330. The van der Waals surface area contributed by atoms with E-state index < -0.39 is 0 Å². The molecule has 1 amide bonds. The van der Waals surface area contributed by atoms with Crippen LogP contribution in [0.5, 0.6) is 0 Å². The Labute approximate surface area is 124 Å². The van der Waals surface area contributed by atoms with Gasteiger partial charge < -0.3 is 14.4 Å². The molecule has 3 fully saturated rings. The van der Waals surface area contributed by atoms with E-state index in [1.807, 2.05) is 16.7 Å². The molecule has 3 saturated heterocycles. The Morgan fingerprint density at radius 2 is 1.65 bits per heavy atom. The standard InChI is InChI=1S/C14H24N2O3S/c17-14(16-3-7-19-8-4-16)9-12-10-20-11-13(12)15-1-5-18-6-2-15/h12-13H,1-11H2. The van der Waals surface area contributed by atoms with E-state index in [0.717, 1.165) is 45.1 Å². The van der Waals surface area contributed by atoms with Crippen molar-refractivity contribution >= 4 is 17.7 Å². The van der Waals surface area contributed by atoms with Gasteiger partial charge in [-0.05, 0) is 11.7 Å². The fourth-order valence-electron chi connectivity index (χ4n) is 3.26. The molecule has 0 N–H and O–H groups in total. The van der Waals surface area contributed by atoms with Gasteiger partial charge in [-0.1, -0.05) is 0 Å². The Kier molecular flexibility index (Phi) is 5.20. The van der Waals surface area contributed by atoms with Crippen LogP contribution in [0.4, 0.5) is 0 Å². The Hall–Kier alpha value is -0.300. The quantitative estimate of drug-likeness (QED) is 0.750. The largest absolute Gasteiger partial charge is 0.379 e. The van der Waals surface area contributed by atoms with Gasteiger partial charge in [0.15, 0.2) is 0 Å². The van der Waals surface area contributed by atoms with E-state index in [-0.39, 0.29) is 0 Å². The molecule has 2 atom stereocenters. The summed E-state index contributed by atoms with van der Waals surface area (Å²) in [6.07, 6.45) is 0.703. The molecule has 0 aliphatic carbocycles. The molecular weight excluding hydrogens is 276 g/mol. The van der Waals surface area contributed by atoms with E-state index in [0.29, 0.717) is 37.5 Å². The van der Waals surface area contributed by atoms with E-state index in [2.05, 4.69) is 4.90 Å². The second kappa shape index (κ2) is 7.11. The molecule has 0 spiro atoms. The SMILES string of the molecule is O=C(CC1CSCC1N1CCOCC1)N1CCOCC1. The molecule has 114 valence electrons. The molecule has 6 heteroatoms. The zero-order chi connectivity index (χ0) is 13.8. The summed E-state index contributed by atoms with van der Waals surface area (Å²) in [7, 11) is 0. The first-order valence-electron chi connectivity index (χ1n) is 7.59. The molecule has 0 aromatic heterocycles. The van der Waals surface area contributed by atoms with Crippen molar-refractivity contribution in [3.8, 4) is 0 Å². The number of morpholine rings is 2. The van der Waals surface area contributed by atoms with E-state index >= 15 is 0 Å². The summed E-state index contributed by atoms with van der Waals surface area (Å²) in [5, 5.41) is 0. The topological polar surface area (TPSA) is 42.0 Å². The fraction of sp³-hybridized carbons (Fsp3) is 0.929. The fourth-order valence-corrected chi connectivity index (χ4v) is 4.76. The minimum atomic E-state index is 0.319. The van der Waals surface area contributed by atoms with Crippen LogP contribution in [-0.2, 0) is 14.3 Å². The van der Waals surface area contributed by atoms with Crippen LogP contribution in [-0.4, -0.2) is 85.9 Å². The van der Waals surface area contributed by atoms with E-state index in [1.54, 1.807) is 0 Å². The van der Waals surface area contributed by atoms with Crippen LogP contribution >= 0.6 is 11.8 Å². The molecule has 2 unspecified atom stereocenters. The number of hydrogen-bond acceptors (Lipinski definition) is 5. The van der Waals surface area contributed by atoms with E-state index in [9.17, 15) is 4.79 Å². The Balaban J connectivity index is 1.53. The summed E-state index contributed by atoms with van der Waals surface area (Å²) in [4.78, 5) is 16.9. The summed E-state index contributed by atoms with van der Waals surface area (Å²) in [6.45, 7) is 6.63. The number of nitrogens with zero attached hydrogens (tertiary/aromatic N) is 2. The van der Waals surface area contributed by atoms with Gasteiger partial charge in [-0.2, -0.15) is 11.8 Å². The van der Waals surface area contributed by atoms with Gasteiger partial charge in [0.05, 0.1) is 26.4 Å². The summed E-state index contributed by atoms with van der Waals surface area (Å²) in [5.74, 6) is 3.12.